The summed E-state index contributed by atoms with van der Waals surface area (Å²) < 4.78 is 15.3. The normalized spacial score (nSPS) is 20.6. The molecule has 2 aromatic heterocycles. The highest BCUT2D eigenvalue weighted by atomic mass is 16.5. The molecule has 0 N–H and O–H groups in total. The Balaban J connectivity index is 1.29. The molecule has 9 heteroatoms. The summed E-state index contributed by atoms with van der Waals surface area (Å²) in [6, 6.07) is 16.7. The van der Waals surface area contributed by atoms with Crippen LogP contribution < -0.4 is 4.74 Å². The number of para-hydroxylation sites is 1. The van der Waals surface area contributed by atoms with Gasteiger partial charge in [0.05, 0.1) is 29.9 Å². The van der Waals surface area contributed by atoms with Gasteiger partial charge in [-0.1, -0.05) is 42.5 Å². The van der Waals surface area contributed by atoms with E-state index in [4.69, 9.17) is 9.47 Å². The quantitative estimate of drug-likeness (QED) is 0.310. The molecule has 0 bridgehead atoms. The number of hydrogen-bond acceptors (Lipinski definition) is 7. The van der Waals surface area contributed by atoms with Gasteiger partial charge in [-0.05, 0) is 43.5 Å². The van der Waals surface area contributed by atoms with Crippen LogP contribution in [0, 0.1) is 0 Å². The number of esters is 1. The van der Waals surface area contributed by atoms with Crippen molar-refractivity contribution in [3.05, 3.63) is 89.0 Å². The molecule has 9 nitrogen and oxygen atoms in total. The number of aryl methyl sites for hydroxylation is 1. The highest BCUT2D eigenvalue weighted by molar-refractivity contribution is 5.91. The van der Waals surface area contributed by atoms with E-state index in [0.29, 0.717) is 12.2 Å². The van der Waals surface area contributed by atoms with E-state index >= 15 is 0 Å². The third kappa shape index (κ3) is 5.18. The standard InChI is InChI=1S/C30H34N6O3/c1-4-23-18-35(17-21-10-6-7-12-28(21)39-23)16-20-9-8-11-22(13-20)36-29(26(15-31-36)30(37)38-5-2)25-14-24(25)27-19-34(3)33-32-27/h6-13,15,19,23-25H,4-5,14,16-18H2,1-3H3/t23-,24-,25-/m1/s1. The minimum absolute atomic E-state index is 0.122. The third-order valence-corrected chi connectivity index (χ3v) is 7.58. The molecule has 0 spiro atoms. The molecule has 1 saturated carbocycles. The van der Waals surface area contributed by atoms with Gasteiger partial charge in [-0.2, -0.15) is 5.10 Å². The van der Waals surface area contributed by atoms with Crippen LogP contribution >= 0.6 is 0 Å². The molecule has 0 saturated heterocycles. The zero-order valence-corrected chi connectivity index (χ0v) is 22.7. The van der Waals surface area contributed by atoms with Crippen molar-refractivity contribution in [1.29, 1.82) is 0 Å². The first-order valence-electron chi connectivity index (χ1n) is 13.7. The van der Waals surface area contributed by atoms with E-state index in [0.717, 1.165) is 55.3 Å². The number of aromatic nitrogens is 5. The molecule has 39 heavy (non-hydrogen) atoms. The summed E-state index contributed by atoms with van der Waals surface area (Å²) >= 11 is 0. The first-order chi connectivity index (χ1) is 19.0. The van der Waals surface area contributed by atoms with Crippen LogP contribution in [-0.4, -0.2) is 54.9 Å². The molecule has 0 radical (unpaired) electrons. The van der Waals surface area contributed by atoms with E-state index in [9.17, 15) is 4.79 Å². The second-order valence-electron chi connectivity index (χ2n) is 10.4. The van der Waals surface area contributed by atoms with E-state index in [2.05, 4.69) is 63.6 Å². The average Bonchev–Trinajstić information content (AvgIpc) is 3.46. The summed E-state index contributed by atoms with van der Waals surface area (Å²) in [5.74, 6) is 0.967. The van der Waals surface area contributed by atoms with Crippen LogP contribution in [0.1, 0.15) is 71.4 Å². The molecule has 6 rings (SSSR count). The zero-order valence-electron chi connectivity index (χ0n) is 22.7. The monoisotopic (exact) mass is 526 g/mol. The second-order valence-corrected chi connectivity index (χ2v) is 10.4. The Kier molecular flexibility index (Phi) is 6.91. The number of fused-ring (bicyclic) bond motifs is 1. The maximum atomic E-state index is 12.9. The average molecular weight is 527 g/mol. The Labute approximate surface area is 228 Å². The minimum Gasteiger partial charge on any atom is -0.489 e. The first-order valence-corrected chi connectivity index (χ1v) is 13.7. The van der Waals surface area contributed by atoms with E-state index < -0.39 is 0 Å². The lowest BCUT2D eigenvalue weighted by Gasteiger charge is -2.23. The van der Waals surface area contributed by atoms with Crippen molar-refractivity contribution in [3.8, 4) is 11.4 Å². The largest absolute Gasteiger partial charge is 0.489 e. The lowest BCUT2D eigenvalue weighted by atomic mass is 10.1. The van der Waals surface area contributed by atoms with Crippen molar-refractivity contribution in [2.45, 2.75) is 57.7 Å². The summed E-state index contributed by atoms with van der Waals surface area (Å²) in [6.07, 6.45) is 5.58. The molecule has 3 atom stereocenters. The lowest BCUT2D eigenvalue weighted by molar-refractivity contribution is 0.0525. The van der Waals surface area contributed by atoms with Gasteiger partial charge in [0.25, 0.3) is 0 Å². The molecule has 0 amide bonds. The van der Waals surface area contributed by atoms with Gasteiger partial charge < -0.3 is 9.47 Å². The highest BCUT2D eigenvalue weighted by Gasteiger charge is 2.46. The molecule has 1 fully saturated rings. The van der Waals surface area contributed by atoms with Crippen LogP contribution in [0.25, 0.3) is 5.69 Å². The van der Waals surface area contributed by atoms with Crippen LogP contribution in [0.5, 0.6) is 5.75 Å². The van der Waals surface area contributed by atoms with Gasteiger partial charge in [0, 0.05) is 50.3 Å². The van der Waals surface area contributed by atoms with Gasteiger partial charge in [0.15, 0.2) is 0 Å². The fourth-order valence-electron chi connectivity index (χ4n) is 5.58. The Bertz CT molecular complexity index is 1480. The molecule has 0 unspecified atom stereocenters. The van der Waals surface area contributed by atoms with E-state index in [1.54, 1.807) is 10.9 Å². The van der Waals surface area contributed by atoms with Gasteiger partial charge in [0.2, 0.25) is 0 Å². The smallest absolute Gasteiger partial charge is 0.341 e. The number of carbonyl (C=O) groups is 1. The fourth-order valence-corrected chi connectivity index (χ4v) is 5.58. The fraction of sp³-hybridized carbons (Fsp3) is 0.400. The topological polar surface area (TPSA) is 87.3 Å². The summed E-state index contributed by atoms with van der Waals surface area (Å²) in [5, 5.41) is 13.1. The predicted octanol–water partition coefficient (Wildman–Crippen LogP) is 4.62. The molecule has 3 heterocycles. The molecule has 2 aliphatic rings. The third-order valence-electron chi connectivity index (χ3n) is 7.58. The van der Waals surface area contributed by atoms with Crippen molar-refractivity contribution in [2.24, 2.45) is 7.05 Å². The summed E-state index contributed by atoms with van der Waals surface area (Å²) in [5.41, 5.74) is 5.66. The summed E-state index contributed by atoms with van der Waals surface area (Å²) in [6.45, 7) is 6.79. The van der Waals surface area contributed by atoms with E-state index in [1.807, 2.05) is 37.0 Å². The number of benzene rings is 2. The molecule has 1 aliphatic carbocycles. The number of ether oxygens (including phenoxy) is 2. The van der Waals surface area contributed by atoms with Gasteiger partial charge in [-0.3, -0.25) is 9.58 Å². The molecule has 2 aromatic carbocycles. The van der Waals surface area contributed by atoms with Crippen molar-refractivity contribution in [3.63, 3.8) is 0 Å². The Morgan fingerprint density at radius 1 is 1.13 bits per heavy atom. The predicted molar refractivity (Wildman–Crippen MR) is 146 cm³/mol. The van der Waals surface area contributed by atoms with Gasteiger partial charge in [-0.25, -0.2) is 9.48 Å². The minimum atomic E-state index is -0.339. The summed E-state index contributed by atoms with van der Waals surface area (Å²) in [7, 11) is 1.87. The van der Waals surface area contributed by atoms with E-state index in [1.165, 1.54) is 11.1 Å². The molecule has 4 aromatic rings. The Hall–Kier alpha value is -3.98. The summed E-state index contributed by atoms with van der Waals surface area (Å²) in [4.78, 5) is 15.3. The zero-order chi connectivity index (χ0) is 26.9. The Morgan fingerprint density at radius 2 is 2.00 bits per heavy atom. The van der Waals surface area contributed by atoms with Crippen molar-refractivity contribution in [1.82, 2.24) is 29.7 Å². The number of hydrogen-bond donors (Lipinski definition) is 0. The Morgan fingerprint density at radius 3 is 2.79 bits per heavy atom. The molecule has 202 valence electrons. The number of carbonyl (C=O) groups excluding carboxylic acids is 1. The molecular weight excluding hydrogens is 492 g/mol. The molecule has 1 aliphatic heterocycles. The van der Waals surface area contributed by atoms with Crippen LogP contribution in [0.2, 0.25) is 0 Å². The number of nitrogens with zero attached hydrogens (tertiary/aromatic N) is 6. The van der Waals surface area contributed by atoms with Gasteiger partial charge in [0.1, 0.15) is 17.4 Å². The van der Waals surface area contributed by atoms with Gasteiger partial charge >= 0.3 is 5.97 Å². The van der Waals surface area contributed by atoms with Crippen molar-refractivity contribution in [2.75, 3.05) is 13.2 Å². The van der Waals surface area contributed by atoms with Crippen LogP contribution in [0.15, 0.2) is 60.9 Å². The van der Waals surface area contributed by atoms with Crippen LogP contribution in [0.3, 0.4) is 0 Å². The molecular formula is C30H34N6O3. The highest BCUT2D eigenvalue weighted by Crippen LogP contribution is 2.55. The second kappa shape index (κ2) is 10.6. The number of rotatable bonds is 8. The SMILES string of the molecule is CCOC(=O)c1cnn(-c2cccc(CN3Cc4ccccc4O[C@H](CC)C3)c2)c1[C@@H]1C[C@H]1c1cn(C)nn1. The van der Waals surface area contributed by atoms with Crippen LogP contribution in [0.4, 0.5) is 0 Å². The van der Waals surface area contributed by atoms with E-state index in [-0.39, 0.29) is 23.9 Å². The van der Waals surface area contributed by atoms with Gasteiger partial charge in [-0.15, -0.1) is 5.10 Å². The maximum absolute atomic E-state index is 12.9. The van der Waals surface area contributed by atoms with Crippen molar-refractivity contribution < 1.29 is 14.3 Å². The first kappa shape index (κ1) is 25.3. The van der Waals surface area contributed by atoms with Crippen LogP contribution in [-0.2, 0) is 24.9 Å². The maximum Gasteiger partial charge on any atom is 0.341 e. The lowest BCUT2D eigenvalue weighted by Crippen LogP contribution is -2.32. The van der Waals surface area contributed by atoms with Crippen molar-refractivity contribution >= 4 is 5.97 Å².